The van der Waals surface area contributed by atoms with Crippen molar-refractivity contribution in [3.63, 3.8) is 0 Å². The van der Waals surface area contributed by atoms with Gasteiger partial charge in [-0.15, -0.1) is 0 Å². The third-order valence-electron chi connectivity index (χ3n) is 3.46. The normalized spacial score (nSPS) is 10.4. The van der Waals surface area contributed by atoms with E-state index in [1.165, 1.54) is 7.11 Å². The monoisotopic (exact) mass is 324 g/mol. The fourth-order valence-electron chi connectivity index (χ4n) is 2.23. The number of nitrogens with zero attached hydrogens (tertiary/aromatic N) is 2. The van der Waals surface area contributed by atoms with Gasteiger partial charge in [0.05, 0.1) is 7.11 Å². The summed E-state index contributed by atoms with van der Waals surface area (Å²) in [5, 5.41) is 6.69. The maximum absolute atomic E-state index is 12.5. The largest absolute Gasteiger partial charge is 0.481 e. The van der Waals surface area contributed by atoms with Crippen LogP contribution in [-0.4, -0.2) is 23.2 Å². The Balaban J connectivity index is 1.82. The molecule has 0 atom stereocenters. The Morgan fingerprint density at radius 2 is 2.04 bits per heavy atom. The molecule has 3 rings (SSSR count). The molecule has 0 aliphatic rings. The molecule has 0 fully saturated rings. The zero-order valence-corrected chi connectivity index (χ0v) is 13.0. The second-order valence-corrected chi connectivity index (χ2v) is 5.03. The Kier molecular flexibility index (Phi) is 4.42. The molecule has 0 aliphatic carbocycles. The highest BCUT2D eigenvalue weighted by atomic mass is 16.5. The van der Waals surface area contributed by atoms with Crippen LogP contribution in [0.3, 0.4) is 0 Å². The van der Waals surface area contributed by atoms with Crippen molar-refractivity contribution in [3.05, 3.63) is 59.8 Å². The van der Waals surface area contributed by atoms with E-state index in [4.69, 9.17) is 15.0 Å². The molecule has 0 aliphatic heterocycles. The van der Waals surface area contributed by atoms with Crippen molar-refractivity contribution in [1.82, 2.24) is 15.5 Å². The van der Waals surface area contributed by atoms with E-state index in [1.54, 1.807) is 18.3 Å². The minimum absolute atomic E-state index is 0.0358. The number of anilines is 1. The summed E-state index contributed by atoms with van der Waals surface area (Å²) in [6, 6.07) is 13.0. The van der Waals surface area contributed by atoms with Crippen LogP contribution in [0.2, 0.25) is 0 Å². The number of carbonyl (C=O) groups excluding carboxylic acids is 1. The number of ether oxygens (including phenoxy) is 1. The molecule has 122 valence electrons. The van der Waals surface area contributed by atoms with Gasteiger partial charge in [0, 0.05) is 24.4 Å². The first kappa shape index (κ1) is 15.5. The lowest BCUT2D eigenvalue weighted by molar-refractivity contribution is 0.0952. The van der Waals surface area contributed by atoms with Crippen LogP contribution in [-0.2, 0) is 6.54 Å². The number of methoxy groups -OCH3 is 1. The Morgan fingerprint density at radius 3 is 2.71 bits per heavy atom. The molecule has 0 unspecified atom stereocenters. The van der Waals surface area contributed by atoms with E-state index in [1.807, 2.05) is 30.3 Å². The Labute approximate surface area is 138 Å². The Bertz CT molecular complexity index is 829. The summed E-state index contributed by atoms with van der Waals surface area (Å²) in [5.74, 6) is 0.0695. The van der Waals surface area contributed by atoms with Crippen molar-refractivity contribution < 1.29 is 14.1 Å². The number of nitrogens with one attached hydrogen (secondary N) is 1. The lowest BCUT2D eigenvalue weighted by Gasteiger charge is -2.06. The Morgan fingerprint density at radius 1 is 1.25 bits per heavy atom. The van der Waals surface area contributed by atoms with Gasteiger partial charge in [-0.05, 0) is 11.6 Å². The third kappa shape index (κ3) is 3.19. The lowest BCUT2D eigenvalue weighted by atomic mass is 10.1. The van der Waals surface area contributed by atoms with E-state index in [0.717, 1.165) is 5.56 Å². The number of amides is 1. The molecule has 1 aromatic carbocycles. The molecule has 0 radical (unpaired) electrons. The minimum Gasteiger partial charge on any atom is -0.481 e. The summed E-state index contributed by atoms with van der Waals surface area (Å²) in [7, 11) is 1.53. The quantitative estimate of drug-likeness (QED) is 0.746. The van der Waals surface area contributed by atoms with Crippen molar-refractivity contribution in [2.45, 2.75) is 6.54 Å². The van der Waals surface area contributed by atoms with Gasteiger partial charge in [0.1, 0.15) is 11.3 Å². The van der Waals surface area contributed by atoms with E-state index in [-0.39, 0.29) is 17.4 Å². The summed E-state index contributed by atoms with van der Waals surface area (Å²) in [5.41, 5.74) is 7.90. The van der Waals surface area contributed by atoms with Crippen LogP contribution < -0.4 is 15.8 Å². The van der Waals surface area contributed by atoms with Crippen LogP contribution >= 0.6 is 0 Å². The number of pyridine rings is 1. The van der Waals surface area contributed by atoms with Gasteiger partial charge < -0.3 is 20.3 Å². The van der Waals surface area contributed by atoms with Crippen LogP contribution in [0.1, 0.15) is 15.9 Å². The third-order valence-corrected chi connectivity index (χ3v) is 3.46. The molecule has 2 heterocycles. The van der Waals surface area contributed by atoms with Crippen LogP contribution in [0.25, 0.3) is 11.3 Å². The first-order chi connectivity index (χ1) is 11.7. The standard InChI is InChI=1S/C17H16N4O3/c1-23-13-8-7-12(10-19-13)15-14(16(18)24-21-15)17(22)20-9-11-5-3-2-4-6-11/h2-8,10H,9,18H2,1H3,(H,20,22). The van der Waals surface area contributed by atoms with E-state index in [2.05, 4.69) is 15.5 Å². The summed E-state index contributed by atoms with van der Waals surface area (Å²) in [6.45, 7) is 0.380. The van der Waals surface area contributed by atoms with Crippen LogP contribution in [0.4, 0.5) is 5.88 Å². The number of nitrogens with two attached hydrogens (primary N) is 1. The number of hydrogen-bond donors (Lipinski definition) is 2. The van der Waals surface area contributed by atoms with E-state index >= 15 is 0 Å². The maximum Gasteiger partial charge on any atom is 0.259 e. The number of carbonyl (C=O) groups is 1. The molecule has 7 nitrogen and oxygen atoms in total. The van der Waals surface area contributed by atoms with Crippen LogP contribution in [0.15, 0.2) is 53.2 Å². The molecular formula is C17H16N4O3. The van der Waals surface area contributed by atoms with Gasteiger partial charge in [0.25, 0.3) is 5.91 Å². The van der Waals surface area contributed by atoms with Crippen molar-refractivity contribution in [1.29, 1.82) is 0 Å². The van der Waals surface area contributed by atoms with Gasteiger partial charge in [-0.25, -0.2) is 4.98 Å². The lowest BCUT2D eigenvalue weighted by Crippen LogP contribution is -2.23. The number of benzene rings is 1. The fourth-order valence-corrected chi connectivity index (χ4v) is 2.23. The summed E-state index contributed by atoms with van der Waals surface area (Å²) in [4.78, 5) is 16.6. The van der Waals surface area contributed by atoms with Crippen molar-refractivity contribution in [2.75, 3.05) is 12.8 Å². The molecule has 0 saturated carbocycles. The molecular weight excluding hydrogens is 308 g/mol. The second kappa shape index (κ2) is 6.82. The van der Waals surface area contributed by atoms with E-state index in [9.17, 15) is 4.79 Å². The number of rotatable bonds is 5. The second-order valence-electron chi connectivity index (χ2n) is 5.03. The predicted molar refractivity (Wildman–Crippen MR) is 88.3 cm³/mol. The maximum atomic E-state index is 12.5. The minimum atomic E-state index is -0.358. The molecule has 3 N–H and O–H groups in total. The molecule has 1 amide bonds. The van der Waals surface area contributed by atoms with Gasteiger partial charge in [-0.1, -0.05) is 35.5 Å². The topological polar surface area (TPSA) is 103 Å². The first-order valence-corrected chi connectivity index (χ1v) is 7.26. The SMILES string of the molecule is COc1ccc(-c2noc(N)c2C(=O)NCc2ccccc2)cn1. The summed E-state index contributed by atoms with van der Waals surface area (Å²) < 4.78 is 10.0. The van der Waals surface area contributed by atoms with E-state index in [0.29, 0.717) is 23.7 Å². The first-order valence-electron chi connectivity index (χ1n) is 7.26. The molecule has 2 aromatic heterocycles. The highest BCUT2D eigenvalue weighted by Gasteiger charge is 2.22. The van der Waals surface area contributed by atoms with E-state index < -0.39 is 0 Å². The highest BCUT2D eigenvalue weighted by molar-refractivity contribution is 6.03. The van der Waals surface area contributed by atoms with Crippen molar-refractivity contribution in [3.8, 4) is 17.1 Å². The number of nitrogen functional groups attached to an aromatic ring is 1. The zero-order valence-electron chi connectivity index (χ0n) is 13.0. The van der Waals surface area contributed by atoms with Gasteiger partial charge in [-0.2, -0.15) is 0 Å². The predicted octanol–water partition coefficient (Wildman–Crippen LogP) is 2.26. The molecule has 0 spiro atoms. The fraction of sp³-hybridized carbons (Fsp3) is 0.118. The average molecular weight is 324 g/mol. The smallest absolute Gasteiger partial charge is 0.259 e. The number of aromatic nitrogens is 2. The summed E-state index contributed by atoms with van der Waals surface area (Å²) >= 11 is 0. The zero-order chi connectivity index (χ0) is 16.9. The molecule has 3 aromatic rings. The van der Waals surface area contributed by atoms with Gasteiger partial charge in [0.2, 0.25) is 11.8 Å². The molecule has 0 bridgehead atoms. The molecule has 24 heavy (non-hydrogen) atoms. The average Bonchev–Trinajstić information content (AvgIpc) is 3.02. The van der Waals surface area contributed by atoms with Crippen LogP contribution in [0, 0.1) is 0 Å². The van der Waals surface area contributed by atoms with Gasteiger partial charge in [0.15, 0.2) is 0 Å². The van der Waals surface area contributed by atoms with Gasteiger partial charge in [-0.3, -0.25) is 4.79 Å². The highest BCUT2D eigenvalue weighted by Crippen LogP contribution is 2.27. The molecule has 0 saturated heterocycles. The Hall–Kier alpha value is -3.35. The van der Waals surface area contributed by atoms with Crippen molar-refractivity contribution >= 4 is 11.8 Å². The van der Waals surface area contributed by atoms with Gasteiger partial charge >= 0.3 is 0 Å². The molecule has 7 heteroatoms. The van der Waals surface area contributed by atoms with Crippen molar-refractivity contribution in [2.24, 2.45) is 0 Å². The van der Waals surface area contributed by atoms with Crippen LogP contribution in [0.5, 0.6) is 5.88 Å². The summed E-state index contributed by atoms with van der Waals surface area (Å²) in [6.07, 6.45) is 1.55. The number of hydrogen-bond acceptors (Lipinski definition) is 6.